The highest BCUT2D eigenvalue weighted by Gasteiger charge is 2.17. The quantitative estimate of drug-likeness (QED) is 0.812. The molecule has 0 aliphatic rings. The first-order valence-corrected chi connectivity index (χ1v) is 7.94. The van der Waals surface area contributed by atoms with E-state index in [1.165, 1.54) is 11.4 Å². The van der Waals surface area contributed by atoms with Crippen LogP contribution in [0.5, 0.6) is 0 Å². The van der Waals surface area contributed by atoms with Gasteiger partial charge >= 0.3 is 0 Å². The summed E-state index contributed by atoms with van der Waals surface area (Å²) in [7, 11) is 2.01. The van der Waals surface area contributed by atoms with E-state index < -0.39 is 0 Å². The van der Waals surface area contributed by atoms with E-state index in [-0.39, 0.29) is 6.04 Å². The second kappa shape index (κ2) is 7.41. The number of nitrogens with one attached hydrogen (secondary N) is 1. The van der Waals surface area contributed by atoms with Gasteiger partial charge in [-0.3, -0.25) is 4.68 Å². The molecule has 2 aromatic heterocycles. The van der Waals surface area contributed by atoms with Crippen LogP contribution in [-0.4, -0.2) is 25.9 Å². The number of hydrogen-bond donors (Lipinski definition) is 1. The van der Waals surface area contributed by atoms with Crippen molar-refractivity contribution in [2.75, 3.05) is 6.54 Å². The van der Waals surface area contributed by atoms with Crippen LogP contribution in [0.4, 0.5) is 0 Å². The van der Waals surface area contributed by atoms with E-state index in [2.05, 4.69) is 53.1 Å². The molecule has 2 heterocycles. The maximum Gasteiger partial charge on any atom is 0.0947 e. The third-order valence-corrected chi connectivity index (χ3v) is 3.71. The minimum atomic E-state index is 0.248. The Balaban J connectivity index is 2.19. The number of hydrogen-bond acceptors (Lipinski definition) is 3. The van der Waals surface area contributed by atoms with Crippen molar-refractivity contribution in [2.45, 2.75) is 52.6 Å². The Labute approximate surface area is 127 Å². The number of imidazole rings is 1. The molecule has 1 unspecified atom stereocenters. The summed E-state index contributed by atoms with van der Waals surface area (Å²) in [5.74, 6) is 0. The largest absolute Gasteiger partial charge is 0.340 e. The van der Waals surface area contributed by atoms with E-state index in [9.17, 15) is 0 Å². The average molecular weight is 289 g/mol. The van der Waals surface area contributed by atoms with Crippen molar-refractivity contribution in [3.05, 3.63) is 35.7 Å². The van der Waals surface area contributed by atoms with E-state index in [1.807, 2.05) is 17.9 Å². The normalized spacial score (nSPS) is 12.8. The standard InChI is InChI=1S/C16H27N5/c1-5-8-17-15(16-11-20(4)12-18-16)10-14-9-13(6-2)19-21(14)7-3/h9,11-12,15,17H,5-8,10H2,1-4H3. The predicted octanol–water partition coefficient (Wildman–Crippen LogP) is 2.48. The summed E-state index contributed by atoms with van der Waals surface area (Å²) in [6.45, 7) is 8.40. The zero-order valence-corrected chi connectivity index (χ0v) is 13.6. The van der Waals surface area contributed by atoms with Crippen molar-refractivity contribution in [3.63, 3.8) is 0 Å². The zero-order chi connectivity index (χ0) is 15.2. The molecule has 5 nitrogen and oxygen atoms in total. The fraction of sp³-hybridized carbons (Fsp3) is 0.625. The van der Waals surface area contributed by atoms with Crippen molar-refractivity contribution in [3.8, 4) is 0 Å². The molecule has 0 saturated heterocycles. The van der Waals surface area contributed by atoms with E-state index in [4.69, 9.17) is 0 Å². The molecule has 1 N–H and O–H groups in total. The minimum Gasteiger partial charge on any atom is -0.340 e. The SMILES string of the molecule is CCCNC(Cc1cc(CC)nn1CC)c1cn(C)cn1. The average Bonchev–Trinajstić information content (AvgIpc) is 3.09. The van der Waals surface area contributed by atoms with Gasteiger partial charge in [-0.15, -0.1) is 0 Å². The fourth-order valence-electron chi connectivity index (χ4n) is 2.55. The van der Waals surface area contributed by atoms with E-state index in [0.717, 1.165) is 38.0 Å². The topological polar surface area (TPSA) is 47.7 Å². The predicted molar refractivity (Wildman–Crippen MR) is 85.2 cm³/mol. The summed E-state index contributed by atoms with van der Waals surface area (Å²) in [6, 6.07) is 2.48. The minimum absolute atomic E-state index is 0.248. The summed E-state index contributed by atoms with van der Waals surface area (Å²) in [6.07, 6.45) is 7.00. The summed E-state index contributed by atoms with van der Waals surface area (Å²) in [5, 5.41) is 8.25. The van der Waals surface area contributed by atoms with Gasteiger partial charge < -0.3 is 9.88 Å². The molecular formula is C16H27N5. The Kier molecular flexibility index (Phi) is 5.56. The molecule has 0 radical (unpaired) electrons. The molecular weight excluding hydrogens is 262 g/mol. The number of nitrogens with zero attached hydrogens (tertiary/aromatic N) is 4. The van der Waals surface area contributed by atoms with Gasteiger partial charge in [0.1, 0.15) is 0 Å². The number of aromatic nitrogens is 4. The lowest BCUT2D eigenvalue weighted by Crippen LogP contribution is -2.25. The summed E-state index contributed by atoms with van der Waals surface area (Å²) < 4.78 is 4.12. The molecule has 0 bridgehead atoms. The molecule has 0 aliphatic heterocycles. The molecule has 0 amide bonds. The van der Waals surface area contributed by atoms with Gasteiger partial charge in [-0.1, -0.05) is 13.8 Å². The highest BCUT2D eigenvalue weighted by atomic mass is 15.3. The second-order valence-corrected chi connectivity index (χ2v) is 5.47. The molecule has 2 aromatic rings. The van der Waals surface area contributed by atoms with Crippen LogP contribution in [0.15, 0.2) is 18.6 Å². The second-order valence-electron chi connectivity index (χ2n) is 5.47. The van der Waals surface area contributed by atoms with Crippen LogP contribution in [0.3, 0.4) is 0 Å². The Morgan fingerprint density at radius 2 is 2.10 bits per heavy atom. The molecule has 0 aliphatic carbocycles. The van der Waals surface area contributed by atoms with Crippen LogP contribution in [-0.2, 0) is 26.4 Å². The zero-order valence-electron chi connectivity index (χ0n) is 13.6. The third kappa shape index (κ3) is 3.94. The van der Waals surface area contributed by atoms with E-state index in [1.54, 1.807) is 0 Å². The molecule has 21 heavy (non-hydrogen) atoms. The molecule has 0 spiro atoms. The van der Waals surface area contributed by atoms with Crippen molar-refractivity contribution < 1.29 is 0 Å². The molecule has 2 rings (SSSR count). The van der Waals surface area contributed by atoms with Gasteiger partial charge in [0.2, 0.25) is 0 Å². The Hall–Kier alpha value is -1.62. The molecule has 0 aromatic carbocycles. The van der Waals surface area contributed by atoms with Crippen LogP contribution in [0, 0.1) is 0 Å². The highest BCUT2D eigenvalue weighted by Crippen LogP contribution is 2.18. The van der Waals surface area contributed by atoms with Crippen LogP contribution in [0.25, 0.3) is 0 Å². The number of aryl methyl sites for hydroxylation is 3. The van der Waals surface area contributed by atoms with Crippen molar-refractivity contribution >= 4 is 0 Å². The fourth-order valence-corrected chi connectivity index (χ4v) is 2.55. The van der Waals surface area contributed by atoms with Crippen LogP contribution < -0.4 is 5.32 Å². The third-order valence-electron chi connectivity index (χ3n) is 3.71. The Morgan fingerprint density at radius 3 is 2.67 bits per heavy atom. The maximum absolute atomic E-state index is 4.64. The van der Waals surface area contributed by atoms with Gasteiger partial charge in [0.15, 0.2) is 0 Å². The summed E-state index contributed by atoms with van der Waals surface area (Å²) in [4.78, 5) is 4.52. The smallest absolute Gasteiger partial charge is 0.0947 e. The van der Waals surface area contributed by atoms with Gasteiger partial charge in [-0.25, -0.2) is 4.98 Å². The molecule has 1 atom stereocenters. The molecule has 5 heteroatoms. The first-order valence-electron chi connectivity index (χ1n) is 7.94. The summed E-state index contributed by atoms with van der Waals surface area (Å²) >= 11 is 0. The lowest BCUT2D eigenvalue weighted by atomic mass is 10.1. The van der Waals surface area contributed by atoms with E-state index >= 15 is 0 Å². The number of rotatable bonds is 8. The van der Waals surface area contributed by atoms with Crippen molar-refractivity contribution in [2.24, 2.45) is 7.05 Å². The highest BCUT2D eigenvalue weighted by molar-refractivity contribution is 5.15. The monoisotopic (exact) mass is 289 g/mol. The lowest BCUT2D eigenvalue weighted by molar-refractivity contribution is 0.494. The van der Waals surface area contributed by atoms with Gasteiger partial charge in [0, 0.05) is 31.9 Å². The Morgan fingerprint density at radius 1 is 1.29 bits per heavy atom. The molecule has 0 saturated carbocycles. The maximum atomic E-state index is 4.64. The van der Waals surface area contributed by atoms with Crippen LogP contribution >= 0.6 is 0 Å². The first kappa shape index (κ1) is 15.8. The van der Waals surface area contributed by atoms with Crippen LogP contribution in [0.2, 0.25) is 0 Å². The molecule has 116 valence electrons. The van der Waals surface area contributed by atoms with Gasteiger partial charge in [0.25, 0.3) is 0 Å². The van der Waals surface area contributed by atoms with Gasteiger partial charge in [-0.2, -0.15) is 5.10 Å². The molecule has 0 fully saturated rings. The van der Waals surface area contributed by atoms with Crippen LogP contribution in [0.1, 0.15) is 50.3 Å². The Bertz CT molecular complexity index is 555. The van der Waals surface area contributed by atoms with Gasteiger partial charge in [0.05, 0.1) is 23.8 Å². The van der Waals surface area contributed by atoms with Crippen molar-refractivity contribution in [1.82, 2.24) is 24.6 Å². The lowest BCUT2D eigenvalue weighted by Gasteiger charge is -2.17. The first-order chi connectivity index (χ1) is 10.2. The summed E-state index contributed by atoms with van der Waals surface area (Å²) in [5.41, 5.74) is 3.56. The van der Waals surface area contributed by atoms with Gasteiger partial charge in [-0.05, 0) is 32.4 Å². The van der Waals surface area contributed by atoms with Crippen molar-refractivity contribution in [1.29, 1.82) is 0 Å². The van der Waals surface area contributed by atoms with E-state index in [0.29, 0.717) is 0 Å².